The fraction of sp³-hybridized carbons (Fsp3) is 0.214. The van der Waals surface area contributed by atoms with Crippen LogP contribution in [0.1, 0.15) is 22.2 Å². The number of benzene rings is 1. The van der Waals surface area contributed by atoms with Crippen LogP contribution in [-0.2, 0) is 6.61 Å². The number of para-hydroxylation sites is 1. The van der Waals surface area contributed by atoms with E-state index in [0.717, 1.165) is 0 Å². The summed E-state index contributed by atoms with van der Waals surface area (Å²) in [6, 6.07) is 10.5. The van der Waals surface area contributed by atoms with Gasteiger partial charge in [0.25, 0.3) is 0 Å². The molecular formula is C14H13ClO3S. The number of rotatable bonds is 5. The molecule has 0 aliphatic rings. The Hall–Kier alpha value is -1.36. The van der Waals surface area contributed by atoms with Crippen molar-refractivity contribution in [2.45, 2.75) is 19.6 Å². The average molecular weight is 297 g/mol. The van der Waals surface area contributed by atoms with Crippen molar-refractivity contribution in [3.8, 4) is 5.75 Å². The molecule has 19 heavy (non-hydrogen) atoms. The molecule has 0 fully saturated rings. The molecule has 1 aromatic heterocycles. The van der Waals surface area contributed by atoms with Gasteiger partial charge in [-0.25, -0.2) is 0 Å². The average Bonchev–Trinajstić information content (AvgIpc) is 2.85. The van der Waals surface area contributed by atoms with Crippen LogP contribution in [0.15, 0.2) is 36.4 Å². The maximum Gasteiger partial charge on any atom is 0.212 e. The SMILES string of the molecule is CC(Oc1ccccc1CO)C(=O)c1ccc(Cl)s1. The molecule has 1 N–H and O–H groups in total. The monoisotopic (exact) mass is 296 g/mol. The molecule has 3 nitrogen and oxygen atoms in total. The smallest absolute Gasteiger partial charge is 0.212 e. The fourth-order valence-electron chi connectivity index (χ4n) is 1.64. The number of ether oxygens (including phenoxy) is 1. The normalized spacial score (nSPS) is 12.2. The summed E-state index contributed by atoms with van der Waals surface area (Å²) in [5.41, 5.74) is 0.659. The molecule has 1 unspecified atom stereocenters. The lowest BCUT2D eigenvalue weighted by Crippen LogP contribution is -2.23. The van der Waals surface area contributed by atoms with Crippen LogP contribution in [0.3, 0.4) is 0 Å². The Morgan fingerprint density at radius 3 is 2.74 bits per heavy atom. The molecule has 0 amide bonds. The summed E-state index contributed by atoms with van der Waals surface area (Å²) < 4.78 is 6.19. The highest BCUT2D eigenvalue weighted by atomic mass is 35.5. The van der Waals surface area contributed by atoms with Gasteiger partial charge in [0, 0.05) is 5.56 Å². The zero-order valence-electron chi connectivity index (χ0n) is 10.3. The molecule has 1 aromatic carbocycles. The van der Waals surface area contributed by atoms with Crippen LogP contribution in [0.2, 0.25) is 4.34 Å². The minimum atomic E-state index is -0.623. The number of aliphatic hydroxyl groups excluding tert-OH is 1. The molecule has 0 bridgehead atoms. The van der Waals surface area contributed by atoms with Crippen LogP contribution in [0, 0.1) is 0 Å². The van der Waals surface area contributed by atoms with Gasteiger partial charge in [-0.2, -0.15) is 0 Å². The van der Waals surface area contributed by atoms with Crippen LogP contribution >= 0.6 is 22.9 Å². The van der Waals surface area contributed by atoms with Crippen LogP contribution in [0.4, 0.5) is 0 Å². The molecule has 0 radical (unpaired) electrons. The van der Waals surface area contributed by atoms with Crippen LogP contribution in [-0.4, -0.2) is 17.0 Å². The van der Waals surface area contributed by atoms with E-state index >= 15 is 0 Å². The van der Waals surface area contributed by atoms with Gasteiger partial charge in [0.2, 0.25) is 5.78 Å². The van der Waals surface area contributed by atoms with E-state index in [4.69, 9.17) is 16.3 Å². The van der Waals surface area contributed by atoms with Crippen molar-refractivity contribution in [3.05, 3.63) is 51.2 Å². The summed E-state index contributed by atoms with van der Waals surface area (Å²) in [5.74, 6) is 0.401. The number of hydrogen-bond acceptors (Lipinski definition) is 4. The number of carbonyl (C=O) groups excluding carboxylic acids is 1. The van der Waals surface area contributed by atoms with Gasteiger partial charge in [0.15, 0.2) is 6.10 Å². The highest BCUT2D eigenvalue weighted by Crippen LogP contribution is 2.25. The number of Topliss-reactive ketones (excluding diaryl/α,β-unsaturated/α-hetero) is 1. The van der Waals surface area contributed by atoms with Crippen LogP contribution in [0.25, 0.3) is 0 Å². The van der Waals surface area contributed by atoms with Gasteiger partial charge in [-0.05, 0) is 25.1 Å². The molecule has 100 valence electrons. The van der Waals surface area contributed by atoms with Crippen molar-refractivity contribution >= 4 is 28.7 Å². The van der Waals surface area contributed by atoms with Gasteiger partial charge in [-0.1, -0.05) is 29.8 Å². The largest absolute Gasteiger partial charge is 0.482 e. The number of carbonyl (C=O) groups is 1. The predicted molar refractivity (Wildman–Crippen MR) is 76.1 cm³/mol. The van der Waals surface area contributed by atoms with Crippen molar-refractivity contribution < 1.29 is 14.6 Å². The van der Waals surface area contributed by atoms with E-state index in [0.29, 0.717) is 20.5 Å². The summed E-state index contributed by atoms with van der Waals surface area (Å²) in [4.78, 5) is 12.7. The summed E-state index contributed by atoms with van der Waals surface area (Å²) in [6.07, 6.45) is -0.623. The van der Waals surface area contributed by atoms with E-state index in [2.05, 4.69) is 0 Å². The number of ketones is 1. The second-order valence-corrected chi connectivity index (χ2v) is 5.71. The third kappa shape index (κ3) is 3.35. The molecule has 1 atom stereocenters. The zero-order chi connectivity index (χ0) is 13.8. The quantitative estimate of drug-likeness (QED) is 0.858. The predicted octanol–water partition coefficient (Wildman–Crippen LogP) is 3.54. The van der Waals surface area contributed by atoms with E-state index in [1.807, 2.05) is 6.07 Å². The molecule has 2 aromatic rings. The maximum absolute atomic E-state index is 12.1. The third-order valence-electron chi connectivity index (χ3n) is 2.63. The Balaban J connectivity index is 2.12. The lowest BCUT2D eigenvalue weighted by molar-refractivity contribution is 0.0818. The number of thiophene rings is 1. The summed E-state index contributed by atoms with van der Waals surface area (Å²) in [7, 11) is 0. The molecule has 2 rings (SSSR count). The highest BCUT2D eigenvalue weighted by Gasteiger charge is 2.19. The van der Waals surface area contributed by atoms with E-state index < -0.39 is 6.10 Å². The topological polar surface area (TPSA) is 46.5 Å². The molecule has 0 saturated heterocycles. The van der Waals surface area contributed by atoms with Gasteiger partial charge < -0.3 is 9.84 Å². The van der Waals surface area contributed by atoms with Gasteiger partial charge in [-0.3, -0.25) is 4.79 Å². The number of aliphatic hydroxyl groups is 1. The first-order valence-electron chi connectivity index (χ1n) is 5.77. The van der Waals surface area contributed by atoms with E-state index in [1.54, 1.807) is 37.3 Å². The lowest BCUT2D eigenvalue weighted by atomic mass is 10.2. The molecule has 0 aliphatic heterocycles. The summed E-state index contributed by atoms with van der Waals surface area (Å²) >= 11 is 7.04. The molecule has 1 heterocycles. The standard InChI is InChI=1S/C14H13ClO3S/c1-9(14(17)12-6-7-13(15)19-12)18-11-5-3-2-4-10(11)8-16/h2-7,9,16H,8H2,1H3. The third-order valence-corrected chi connectivity index (χ3v) is 3.88. The van der Waals surface area contributed by atoms with Gasteiger partial charge in [0.05, 0.1) is 15.8 Å². The van der Waals surface area contributed by atoms with Crippen molar-refractivity contribution in [2.24, 2.45) is 0 Å². The van der Waals surface area contributed by atoms with E-state index in [-0.39, 0.29) is 12.4 Å². The second-order valence-electron chi connectivity index (χ2n) is 3.99. The minimum absolute atomic E-state index is 0.121. The first kappa shape index (κ1) is 14.1. The van der Waals surface area contributed by atoms with Gasteiger partial charge in [0.1, 0.15) is 5.75 Å². The van der Waals surface area contributed by atoms with Gasteiger partial charge >= 0.3 is 0 Å². The van der Waals surface area contributed by atoms with Crippen molar-refractivity contribution in [3.63, 3.8) is 0 Å². The van der Waals surface area contributed by atoms with Crippen molar-refractivity contribution in [1.82, 2.24) is 0 Å². The molecule has 0 spiro atoms. The Kier molecular flexibility index (Phi) is 4.58. The Morgan fingerprint density at radius 2 is 2.11 bits per heavy atom. The van der Waals surface area contributed by atoms with E-state index in [9.17, 15) is 9.90 Å². The first-order valence-corrected chi connectivity index (χ1v) is 6.96. The highest BCUT2D eigenvalue weighted by molar-refractivity contribution is 7.18. The molecular weight excluding hydrogens is 284 g/mol. The number of halogens is 1. The Bertz CT molecular complexity index is 580. The zero-order valence-corrected chi connectivity index (χ0v) is 11.9. The Morgan fingerprint density at radius 1 is 1.37 bits per heavy atom. The summed E-state index contributed by atoms with van der Waals surface area (Å²) in [5, 5.41) is 9.21. The van der Waals surface area contributed by atoms with Crippen LogP contribution < -0.4 is 4.74 Å². The minimum Gasteiger partial charge on any atom is -0.482 e. The van der Waals surface area contributed by atoms with Crippen molar-refractivity contribution in [2.75, 3.05) is 0 Å². The molecule has 5 heteroatoms. The first-order chi connectivity index (χ1) is 9.11. The van der Waals surface area contributed by atoms with Crippen molar-refractivity contribution in [1.29, 1.82) is 0 Å². The van der Waals surface area contributed by atoms with Gasteiger partial charge in [-0.15, -0.1) is 11.3 Å². The fourth-order valence-corrected chi connectivity index (χ4v) is 2.70. The van der Waals surface area contributed by atoms with Crippen LogP contribution in [0.5, 0.6) is 5.75 Å². The summed E-state index contributed by atoms with van der Waals surface area (Å²) in [6.45, 7) is 1.56. The molecule has 0 aliphatic carbocycles. The Labute approximate surface area is 120 Å². The maximum atomic E-state index is 12.1. The lowest BCUT2D eigenvalue weighted by Gasteiger charge is -2.15. The van der Waals surface area contributed by atoms with E-state index in [1.165, 1.54) is 11.3 Å². The molecule has 0 saturated carbocycles. The number of hydrogen-bond donors (Lipinski definition) is 1. The second kappa shape index (κ2) is 6.19.